The van der Waals surface area contributed by atoms with Gasteiger partial charge in [0.15, 0.2) is 0 Å². The first-order valence-corrected chi connectivity index (χ1v) is 22.3. The van der Waals surface area contributed by atoms with Crippen LogP contribution in [0.2, 0.25) is 0 Å². The molecule has 0 nitrogen and oxygen atoms in total. The van der Waals surface area contributed by atoms with E-state index in [-0.39, 0.29) is 0 Å². The molecule has 3 aromatic carbocycles. The molecule has 0 aliphatic heterocycles. The Morgan fingerprint density at radius 1 is 0.440 bits per heavy atom. The molecule has 0 aliphatic rings. The average Bonchev–Trinajstić information content (AvgIpc) is 3.71. The Balaban J connectivity index is 1.25. The number of unbranched alkanes of at least 4 members (excludes halogenated alkanes) is 14. The van der Waals surface area contributed by atoms with Crippen molar-refractivity contribution in [2.45, 2.75) is 129 Å². The Bertz CT molecular complexity index is 1710. The molecule has 2 aromatic heterocycles. The highest BCUT2D eigenvalue weighted by atomic mass is 79.9. The van der Waals surface area contributed by atoms with Crippen LogP contribution in [0.5, 0.6) is 0 Å². The van der Waals surface area contributed by atoms with Crippen LogP contribution in [0, 0.1) is 23.7 Å². The summed E-state index contributed by atoms with van der Waals surface area (Å²) >= 11 is 11.1. The number of halogens is 2. The van der Waals surface area contributed by atoms with Gasteiger partial charge in [-0.25, -0.2) is 0 Å². The molecule has 50 heavy (non-hydrogen) atoms. The normalized spacial score (nSPS) is 11.1. The zero-order valence-corrected chi connectivity index (χ0v) is 34.9. The standard InChI is InChI=1S/C46H52Br2S2/c1-3-5-7-9-11-13-15-17-19-35-21-25-37(26-22-35)29-31-39-41-33-43(47)50-46(41)40(42-34-44(48)49-45(39)42)32-30-38-27-23-36(24-28-38)20-18-16-14-12-10-8-6-4-2/h21-28,33-34H,3-20H2,1-2H3. The molecular formula is C46H52Br2S2. The Kier molecular flexibility index (Phi) is 16.5. The van der Waals surface area contributed by atoms with Crippen LogP contribution >= 0.6 is 54.5 Å². The molecule has 5 rings (SSSR count). The van der Waals surface area contributed by atoms with Gasteiger partial charge in [0, 0.05) is 21.9 Å². The Hall–Kier alpha value is -2.34. The highest BCUT2D eigenvalue weighted by Crippen LogP contribution is 2.43. The minimum absolute atomic E-state index is 1.06. The highest BCUT2D eigenvalue weighted by Gasteiger charge is 2.17. The Labute approximate surface area is 327 Å². The van der Waals surface area contributed by atoms with Gasteiger partial charge in [-0.2, -0.15) is 0 Å². The van der Waals surface area contributed by atoms with Crippen LogP contribution in [0.25, 0.3) is 20.2 Å². The maximum atomic E-state index is 3.78. The topological polar surface area (TPSA) is 0 Å². The first kappa shape index (κ1) is 38.9. The summed E-state index contributed by atoms with van der Waals surface area (Å²) in [5.41, 5.74) is 7.13. The fourth-order valence-electron chi connectivity index (χ4n) is 6.66. The third kappa shape index (κ3) is 11.9. The monoisotopic (exact) mass is 826 g/mol. The number of benzene rings is 3. The van der Waals surface area contributed by atoms with Crippen LogP contribution in [0.3, 0.4) is 0 Å². The van der Waals surface area contributed by atoms with Crippen LogP contribution in [-0.2, 0) is 12.8 Å². The molecular weight excluding hydrogens is 776 g/mol. The van der Waals surface area contributed by atoms with Crippen molar-refractivity contribution >= 4 is 74.7 Å². The van der Waals surface area contributed by atoms with Crippen LogP contribution in [0.4, 0.5) is 0 Å². The van der Waals surface area contributed by atoms with Gasteiger partial charge in [-0.1, -0.05) is 152 Å². The largest absolute Gasteiger partial charge is 0.127 e. The average molecular weight is 829 g/mol. The fourth-order valence-corrected chi connectivity index (χ4v) is 9.90. The SMILES string of the molecule is CCCCCCCCCCc1ccc(C#Cc2c3cc(Br)sc3c(C#Cc3ccc(CCCCCCCCCC)cc3)c3cc(Br)sc23)cc1. The summed E-state index contributed by atoms with van der Waals surface area (Å²) in [6.07, 6.45) is 24.0. The van der Waals surface area contributed by atoms with E-state index in [0.29, 0.717) is 0 Å². The van der Waals surface area contributed by atoms with Gasteiger partial charge >= 0.3 is 0 Å². The van der Waals surface area contributed by atoms with Crippen molar-refractivity contribution in [1.29, 1.82) is 0 Å². The number of hydrogen-bond acceptors (Lipinski definition) is 2. The zero-order valence-electron chi connectivity index (χ0n) is 30.1. The van der Waals surface area contributed by atoms with Crippen molar-refractivity contribution in [2.24, 2.45) is 0 Å². The van der Waals surface area contributed by atoms with Gasteiger partial charge < -0.3 is 0 Å². The lowest BCUT2D eigenvalue weighted by molar-refractivity contribution is 0.575. The molecule has 5 aromatic rings. The summed E-state index contributed by atoms with van der Waals surface area (Å²) < 4.78 is 4.59. The van der Waals surface area contributed by atoms with Crippen molar-refractivity contribution in [1.82, 2.24) is 0 Å². The molecule has 0 unspecified atom stereocenters. The van der Waals surface area contributed by atoms with Gasteiger partial charge in [-0.15, -0.1) is 22.7 Å². The minimum atomic E-state index is 1.06. The van der Waals surface area contributed by atoms with E-state index in [2.05, 4.69) is 130 Å². The van der Waals surface area contributed by atoms with Gasteiger partial charge in [0.1, 0.15) is 0 Å². The van der Waals surface area contributed by atoms with Gasteiger partial charge in [-0.3, -0.25) is 0 Å². The molecule has 0 amide bonds. The fraction of sp³-hybridized carbons (Fsp3) is 0.435. The number of thiophene rings is 2. The highest BCUT2D eigenvalue weighted by molar-refractivity contribution is 9.11. The Morgan fingerprint density at radius 2 is 0.780 bits per heavy atom. The number of hydrogen-bond donors (Lipinski definition) is 0. The predicted molar refractivity (Wildman–Crippen MR) is 230 cm³/mol. The second kappa shape index (κ2) is 21.2. The summed E-state index contributed by atoms with van der Waals surface area (Å²) in [6.45, 7) is 4.57. The molecule has 4 heteroatoms. The summed E-state index contributed by atoms with van der Waals surface area (Å²) in [5.74, 6) is 14.2. The maximum absolute atomic E-state index is 3.78. The molecule has 0 atom stereocenters. The van der Waals surface area contributed by atoms with E-state index < -0.39 is 0 Å². The van der Waals surface area contributed by atoms with Crippen molar-refractivity contribution in [3.63, 3.8) is 0 Å². The molecule has 0 aliphatic carbocycles. The Morgan fingerprint density at radius 3 is 1.14 bits per heavy atom. The first-order chi connectivity index (χ1) is 24.6. The number of fused-ring (bicyclic) bond motifs is 2. The molecule has 0 spiro atoms. The molecule has 0 fully saturated rings. The van der Waals surface area contributed by atoms with Crippen LogP contribution in [0.15, 0.2) is 68.2 Å². The predicted octanol–water partition coefficient (Wildman–Crippen LogP) is 15.8. The lowest BCUT2D eigenvalue weighted by Crippen LogP contribution is -1.88. The van der Waals surface area contributed by atoms with Gasteiger partial charge in [0.2, 0.25) is 0 Å². The van der Waals surface area contributed by atoms with Crippen LogP contribution in [-0.4, -0.2) is 0 Å². The van der Waals surface area contributed by atoms with E-state index in [1.54, 1.807) is 22.7 Å². The van der Waals surface area contributed by atoms with Crippen molar-refractivity contribution in [2.75, 3.05) is 0 Å². The van der Waals surface area contributed by atoms with E-state index in [4.69, 9.17) is 0 Å². The second-order valence-electron chi connectivity index (χ2n) is 13.7. The van der Waals surface area contributed by atoms with Gasteiger partial charge in [-0.05, 0) is 105 Å². The minimum Gasteiger partial charge on any atom is -0.127 e. The van der Waals surface area contributed by atoms with E-state index in [1.165, 1.54) is 134 Å². The lowest BCUT2D eigenvalue weighted by atomic mass is 10.0. The van der Waals surface area contributed by atoms with Crippen molar-refractivity contribution in [3.8, 4) is 23.7 Å². The van der Waals surface area contributed by atoms with Gasteiger partial charge in [0.25, 0.3) is 0 Å². The number of aryl methyl sites for hydroxylation is 2. The van der Waals surface area contributed by atoms with Crippen molar-refractivity contribution < 1.29 is 0 Å². The molecule has 0 N–H and O–H groups in total. The van der Waals surface area contributed by atoms with E-state index in [1.807, 2.05) is 0 Å². The summed E-state index contributed by atoms with van der Waals surface area (Å²) in [5, 5.41) is 2.35. The van der Waals surface area contributed by atoms with E-state index in [9.17, 15) is 0 Å². The second-order valence-corrected chi connectivity index (χ2v) is 18.5. The van der Waals surface area contributed by atoms with Crippen molar-refractivity contribution in [3.05, 3.63) is 102 Å². The smallest absolute Gasteiger partial charge is 0.0711 e. The third-order valence-corrected chi connectivity index (χ3v) is 12.9. The van der Waals surface area contributed by atoms with Crippen LogP contribution < -0.4 is 0 Å². The molecule has 0 saturated carbocycles. The molecule has 262 valence electrons. The molecule has 0 saturated heterocycles. The third-order valence-electron chi connectivity index (χ3n) is 9.61. The van der Waals surface area contributed by atoms with Gasteiger partial charge in [0.05, 0.1) is 28.1 Å². The molecule has 0 radical (unpaired) electrons. The first-order valence-electron chi connectivity index (χ1n) is 19.1. The van der Waals surface area contributed by atoms with E-state index >= 15 is 0 Å². The van der Waals surface area contributed by atoms with E-state index in [0.717, 1.165) is 42.7 Å². The zero-order chi connectivity index (χ0) is 35.0. The quantitative estimate of drug-likeness (QED) is 0.0610. The summed E-state index contributed by atoms with van der Waals surface area (Å²) in [7, 11) is 0. The summed E-state index contributed by atoms with van der Waals surface area (Å²) in [6, 6.07) is 22.3. The molecule has 2 heterocycles. The molecule has 0 bridgehead atoms. The van der Waals surface area contributed by atoms with Crippen LogP contribution in [0.1, 0.15) is 150 Å². The summed E-state index contributed by atoms with van der Waals surface area (Å²) in [4.78, 5) is 0. The lowest BCUT2D eigenvalue weighted by Gasteiger charge is -2.04. The maximum Gasteiger partial charge on any atom is 0.0711 e. The number of rotatable bonds is 18.